The van der Waals surface area contributed by atoms with E-state index in [2.05, 4.69) is 25.4 Å². The monoisotopic (exact) mass is 308 g/mol. The highest BCUT2D eigenvalue weighted by molar-refractivity contribution is 5.91. The molecule has 1 amide bonds. The van der Waals surface area contributed by atoms with Crippen LogP contribution in [0.25, 0.3) is 11.3 Å². The molecule has 1 N–H and O–H groups in total. The fraction of sp³-hybridized carbons (Fsp3) is 0.188. The largest absolute Gasteiger partial charge is 0.347 e. The first kappa shape index (κ1) is 14.8. The molecule has 0 aliphatic carbocycles. The molecule has 3 aromatic rings. The predicted molar refractivity (Wildman–Crippen MR) is 84.4 cm³/mol. The van der Waals surface area contributed by atoms with Crippen LogP contribution in [0.3, 0.4) is 0 Å². The lowest BCUT2D eigenvalue weighted by atomic mass is 10.2. The van der Waals surface area contributed by atoms with Gasteiger partial charge in [-0.2, -0.15) is 5.10 Å². The summed E-state index contributed by atoms with van der Waals surface area (Å²) in [7, 11) is 1.86. The maximum atomic E-state index is 12.0. The minimum Gasteiger partial charge on any atom is -0.347 e. The van der Waals surface area contributed by atoms with Gasteiger partial charge in [-0.15, -0.1) is 0 Å². The molecule has 116 valence electrons. The first-order valence-electron chi connectivity index (χ1n) is 7.12. The topological polar surface area (TPSA) is 85.6 Å². The van der Waals surface area contributed by atoms with Crippen LogP contribution in [0.4, 0.5) is 0 Å². The standard InChI is InChI=1S/C16H16N6O/c1-11-5-18-15(9-17-11)16(23)20-7-12-3-4-14(19-6-12)13-8-21-22(2)10-13/h3-6,8-10H,7H2,1-2H3,(H,20,23). The van der Waals surface area contributed by atoms with Crippen molar-refractivity contribution < 1.29 is 4.79 Å². The summed E-state index contributed by atoms with van der Waals surface area (Å²) in [6.07, 6.45) is 8.44. The molecule has 0 aliphatic rings. The minimum absolute atomic E-state index is 0.256. The number of hydrogen-bond donors (Lipinski definition) is 1. The van der Waals surface area contributed by atoms with Gasteiger partial charge in [0.15, 0.2) is 0 Å². The average Bonchev–Trinajstić information content (AvgIpc) is 3.00. The van der Waals surface area contributed by atoms with Gasteiger partial charge in [-0.05, 0) is 18.6 Å². The lowest BCUT2D eigenvalue weighted by molar-refractivity contribution is 0.0945. The van der Waals surface area contributed by atoms with E-state index < -0.39 is 0 Å². The van der Waals surface area contributed by atoms with Crippen molar-refractivity contribution in [2.24, 2.45) is 7.05 Å². The van der Waals surface area contributed by atoms with Crippen molar-refractivity contribution in [1.29, 1.82) is 0 Å². The van der Waals surface area contributed by atoms with E-state index in [4.69, 9.17) is 0 Å². The lowest BCUT2D eigenvalue weighted by Gasteiger charge is -2.05. The third-order valence-corrected chi connectivity index (χ3v) is 3.29. The van der Waals surface area contributed by atoms with Gasteiger partial charge in [0.2, 0.25) is 0 Å². The van der Waals surface area contributed by atoms with Crippen molar-refractivity contribution in [1.82, 2.24) is 30.0 Å². The highest BCUT2D eigenvalue weighted by atomic mass is 16.1. The zero-order valence-corrected chi connectivity index (χ0v) is 12.9. The molecule has 0 bridgehead atoms. The van der Waals surface area contributed by atoms with Crippen molar-refractivity contribution in [2.75, 3.05) is 0 Å². The quantitative estimate of drug-likeness (QED) is 0.789. The predicted octanol–water partition coefficient (Wildman–Crippen LogP) is 1.51. The smallest absolute Gasteiger partial charge is 0.271 e. The third-order valence-electron chi connectivity index (χ3n) is 3.29. The van der Waals surface area contributed by atoms with E-state index in [-0.39, 0.29) is 5.91 Å². The van der Waals surface area contributed by atoms with Crippen LogP contribution < -0.4 is 5.32 Å². The fourth-order valence-electron chi connectivity index (χ4n) is 2.04. The molecule has 0 spiro atoms. The van der Waals surface area contributed by atoms with Crippen molar-refractivity contribution in [3.63, 3.8) is 0 Å². The molecule has 3 aromatic heterocycles. The van der Waals surface area contributed by atoms with Crippen LogP contribution in [0.2, 0.25) is 0 Å². The summed E-state index contributed by atoms with van der Waals surface area (Å²) in [6, 6.07) is 3.83. The Kier molecular flexibility index (Phi) is 4.09. The number of amides is 1. The summed E-state index contributed by atoms with van der Waals surface area (Å²) in [5.74, 6) is -0.256. The Morgan fingerprint density at radius 1 is 1.13 bits per heavy atom. The Morgan fingerprint density at radius 2 is 2.00 bits per heavy atom. The zero-order chi connectivity index (χ0) is 16.2. The van der Waals surface area contributed by atoms with Gasteiger partial charge in [0.05, 0.1) is 23.8 Å². The van der Waals surface area contributed by atoms with E-state index in [9.17, 15) is 4.79 Å². The summed E-state index contributed by atoms with van der Waals surface area (Å²) in [6.45, 7) is 2.21. The second kappa shape index (κ2) is 6.35. The summed E-state index contributed by atoms with van der Waals surface area (Å²) in [5.41, 5.74) is 3.79. The van der Waals surface area contributed by atoms with Gasteiger partial charge in [0.25, 0.3) is 5.91 Å². The molecular formula is C16H16N6O. The number of rotatable bonds is 4. The second-order valence-electron chi connectivity index (χ2n) is 5.18. The van der Waals surface area contributed by atoms with Crippen LogP contribution in [0.15, 0.2) is 43.1 Å². The van der Waals surface area contributed by atoms with E-state index in [0.717, 1.165) is 22.5 Å². The van der Waals surface area contributed by atoms with Crippen LogP contribution in [-0.4, -0.2) is 30.6 Å². The first-order chi connectivity index (χ1) is 11.1. The number of pyridine rings is 1. The molecule has 3 heterocycles. The molecule has 3 rings (SSSR count). The molecule has 7 heteroatoms. The maximum absolute atomic E-state index is 12.0. The van der Waals surface area contributed by atoms with E-state index in [0.29, 0.717) is 12.2 Å². The molecule has 0 saturated heterocycles. The van der Waals surface area contributed by atoms with E-state index in [1.807, 2.05) is 32.3 Å². The second-order valence-corrected chi connectivity index (χ2v) is 5.18. The van der Waals surface area contributed by atoms with Crippen LogP contribution in [0.1, 0.15) is 21.7 Å². The van der Waals surface area contributed by atoms with Gasteiger partial charge in [-0.3, -0.25) is 19.4 Å². The highest BCUT2D eigenvalue weighted by Crippen LogP contribution is 2.15. The number of carbonyl (C=O) groups excluding carboxylic acids is 1. The maximum Gasteiger partial charge on any atom is 0.271 e. The first-order valence-corrected chi connectivity index (χ1v) is 7.12. The molecule has 0 atom stereocenters. The Bertz CT molecular complexity index is 807. The van der Waals surface area contributed by atoms with Gasteiger partial charge >= 0.3 is 0 Å². The summed E-state index contributed by atoms with van der Waals surface area (Å²) >= 11 is 0. The third kappa shape index (κ3) is 3.57. The summed E-state index contributed by atoms with van der Waals surface area (Å²) < 4.78 is 1.73. The number of carbonyl (C=O) groups is 1. The summed E-state index contributed by atoms with van der Waals surface area (Å²) in [5, 5.41) is 6.92. The Hall–Kier alpha value is -3.09. The molecule has 7 nitrogen and oxygen atoms in total. The van der Waals surface area contributed by atoms with Crippen LogP contribution >= 0.6 is 0 Å². The number of nitrogens with one attached hydrogen (secondary N) is 1. The minimum atomic E-state index is -0.256. The lowest BCUT2D eigenvalue weighted by Crippen LogP contribution is -2.24. The molecule has 0 fully saturated rings. The average molecular weight is 308 g/mol. The van der Waals surface area contributed by atoms with E-state index >= 15 is 0 Å². The molecule has 23 heavy (non-hydrogen) atoms. The van der Waals surface area contributed by atoms with Gasteiger partial charge < -0.3 is 5.32 Å². The Balaban J connectivity index is 1.62. The molecular weight excluding hydrogens is 292 g/mol. The van der Waals surface area contributed by atoms with Gasteiger partial charge in [-0.1, -0.05) is 6.07 Å². The Morgan fingerprint density at radius 3 is 2.61 bits per heavy atom. The molecule has 0 unspecified atom stereocenters. The van der Waals surface area contributed by atoms with Gasteiger partial charge in [0, 0.05) is 37.7 Å². The number of aryl methyl sites for hydroxylation is 2. The molecule has 0 aromatic carbocycles. The van der Waals surface area contributed by atoms with Crippen molar-refractivity contribution >= 4 is 5.91 Å². The highest BCUT2D eigenvalue weighted by Gasteiger charge is 2.07. The van der Waals surface area contributed by atoms with Crippen LogP contribution in [0, 0.1) is 6.92 Å². The molecule has 0 aliphatic heterocycles. The Labute approximate surface area is 133 Å². The van der Waals surface area contributed by atoms with Gasteiger partial charge in [-0.25, -0.2) is 4.98 Å². The zero-order valence-electron chi connectivity index (χ0n) is 12.9. The number of nitrogens with zero attached hydrogens (tertiary/aromatic N) is 5. The van der Waals surface area contributed by atoms with Crippen LogP contribution in [-0.2, 0) is 13.6 Å². The van der Waals surface area contributed by atoms with Crippen molar-refractivity contribution in [3.05, 3.63) is 60.1 Å². The number of aromatic nitrogens is 5. The van der Waals surface area contributed by atoms with E-state index in [1.165, 1.54) is 6.20 Å². The van der Waals surface area contributed by atoms with Crippen molar-refractivity contribution in [2.45, 2.75) is 13.5 Å². The van der Waals surface area contributed by atoms with Gasteiger partial charge in [0.1, 0.15) is 5.69 Å². The summed E-state index contributed by atoms with van der Waals surface area (Å²) in [4.78, 5) is 24.5. The number of hydrogen-bond acceptors (Lipinski definition) is 5. The van der Waals surface area contributed by atoms with Crippen molar-refractivity contribution in [3.8, 4) is 11.3 Å². The molecule has 0 radical (unpaired) electrons. The van der Waals surface area contributed by atoms with Crippen LogP contribution in [0.5, 0.6) is 0 Å². The normalized spacial score (nSPS) is 10.5. The molecule has 0 saturated carbocycles. The fourth-order valence-corrected chi connectivity index (χ4v) is 2.04. The van der Waals surface area contributed by atoms with E-state index in [1.54, 1.807) is 23.3 Å². The SMILES string of the molecule is Cc1cnc(C(=O)NCc2ccc(-c3cnn(C)c3)nc2)cn1.